The molecule has 3 N–H and O–H groups in total. The van der Waals surface area contributed by atoms with Gasteiger partial charge in [-0.05, 0) is 25.8 Å². The molecule has 0 saturated carbocycles. The van der Waals surface area contributed by atoms with Crippen LogP contribution < -0.4 is 10.6 Å². The number of rotatable bonds is 3. The highest BCUT2D eigenvalue weighted by molar-refractivity contribution is 5.95. The number of hydrogen-bond donors (Lipinski definition) is 2. The van der Waals surface area contributed by atoms with Crippen molar-refractivity contribution in [3.63, 3.8) is 0 Å². The summed E-state index contributed by atoms with van der Waals surface area (Å²) in [6.45, 7) is 3.55. The molecule has 0 radical (unpaired) electrons. The van der Waals surface area contributed by atoms with Gasteiger partial charge in [-0.25, -0.2) is 9.97 Å². The van der Waals surface area contributed by atoms with Crippen LogP contribution in [0, 0.1) is 6.92 Å². The van der Waals surface area contributed by atoms with E-state index < -0.39 is 0 Å². The highest BCUT2D eigenvalue weighted by Gasteiger charge is 2.21. The molecule has 0 aromatic carbocycles. The molecule has 1 fully saturated rings. The minimum absolute atomic E-state index is 0.00136. The van der Waals surface area contributed by atoms with Crippen molar-refractivity contribution in [2.75, 3.05) is 25.1 Å². The van der Waals surface area contributed by atoms with Crippen LogP contribution in [0.5, 0.6) is 0 Å². The number of ether oxygens (including phenoxy) is 1. The van der Waals surface area contributed by atoms with E-state index in [1.807, 2.05) is 6.92 Å². The van der Waals surface area contributed by atoms with Crippen LogP contribution in [0.25, 0.3) is 0 Å². The number of aromatic nitrogens is 2. The van der Waals surface area contributed by atoms with Gasteiger partial charge in [0.05, 0.1) is 6.10 Å². The van der Waals surface area contributed by atoms with Gasteiger partial charge in [-0.1, -0.05) is 5.16 Å². The molecule has 2 heterocycles. The first-order chi connectivity index (χ1) is 9.13. The van der Waals surface area contributed by atoms with E-state index in [0.29, 0.717) is 17.7 Å². The second kappa shape index (κ2) is 5.83. The fourth-order valence-corrected chi connectivity index (χ4v) is 2.17. The van der Waals surface area contributed by atoms with Crippen LogP contribution in [0.3, 0.4) is 0 Å². The van der Waals surface area contributed by atoms with Crippen molar-refractivity contribution in [1.82, 2.24) is 9.97 Å². The molecule has 1 aromatic heterocycles. The summed E-state index contributed by atoms with van der Waals surface area (Å²) in [4.78, 5) is 10.8. The minimum atomic E-state index is -0.00136. The van der Waals surface area contributed by atoms with E-state index in [2.05, 4.69) is 20.0 Å². The lowest BCUT2D eigenvalue weighted by molar-refractivity contribution is 0.0816. The van der Waals surface area contributed by atoms with Crippen LogP contribution in [-0.2, 0) is 4.74 Å². The van der Waals surface area contributed by atoms with Gasteiger partial charge in [-0.2, -0.15) is 0 Å². The Morgan fingerprint density at radius 2 is 2.16 bits per heavy atom. The van der Waals surface area contributed by atoms with Crippen LogP contribution in [0.15, 0.2) is 11.2 Å². The van der Waals surface area contributed by atoms with E-state index in [1.165, 1.54) is 0 Å². The maximum atomic E-state index is 8.72. The van der Waals surface area contributed by atoms with Crippen molar-refractivity contribution in [2.24, 2.45) is 10.9 Å². The van der Waals surface area contributed by atoms with Crippen LogP contribution in [0.4, 0.5) is 5.95 Å². The Bertz CT molecular complexity index is 469. The van der Waals surface area contributed by atoms with Crippen LogP contribution in [0.1, 0.15) is 24.2 Å². The molecule has 0 bridgehead atoms. The maximum Gasteiger partial charge on any atom is 0.226 e. The largest absolute Gasteiger partial charge is 0.409 e. The number of oxime groups is 1. The summed E-state index contributed by atoms with van der Waals surface area (Å²) >= 11 is 0. The molecule has 0 aliphatic carbocycles. The smallest absolute Gasteiger partial charge is 0.226 e. The van der Waals surface area contributed by atoms with Crippen LogP contribution >= 0.6 is 0 Å². The normalized spacial score (nSPS) is 17.8. The number of nitrogens with two attached hydrogens (primary N) is 1. The molecule has 2 rings (SSSR count). The maximum absolute atomic E-state index is 8.72. The van der Waals surface area contributed by atoms with E-state index in [0.717, 1.165) is 31.6 Å². The third-order valence-electron chi connectivity index (χ3n) is 3.27. The summed E-state index contributed by atoms with van der Waals surface area (Å²) in [6, 6.07) is 1.69. The monoisotopic (exact) mass is 265 g/mol. The molecular weight excluding hydrogens is 246 g/mol. The van der Waals surface area contributed by atoms with E-state index in [-0.39, 0.29) is 5.84 Å². The van der Waals surface area contributed by atoms with Gasteiger partial charge in [0.1, 0.15) is 5.69 Å². The second-order valence-electron chi connectivity index (χ2n) is 4.60. The lowest BCUT2D eigenvalue weighted by Crippen LogP contribution is -2.38. The van der Waals surface area contributed by atoms with Gasteiger partial charge in [0.25, 0.3) is 0 Å². The summed E-state index contributed by atoms with van der Waals surface area (Å²) in [5, 5.41) is 11.7. The molecule has 19 heavy (non-hydrogen) atoms. The van der Waals surface area contributed by atoms with E-state index in [9.17, 15) is 0 Å². The average molecular weight is 265 g/mol. The number of nitrogens with zero attached hydrogens (tertiary/aromatic N) is 4. The summed E-state index contributed by atoms with van der Waals surface area (Å²) in [5.74, 6) is 0.620. The molecule has 104 valence electrons. The number of aryl methyl sites for hydroxylation is 1. The molecular formula is C12H19N5O2. The second-order valence-corrected chi connectivity index (χ2v) is 4.60. The van der Waals surface area contributed by atoms with Gasteiger partial charge < -0.3 is 20.6 Å². The Balaban J connectivity index is 2.19. The molecule has 0 atom stereocenters. The van der Waals surface area contributed by atoms with Gasteiger partial charge in [-0.15, -0.1) is 0 Å². The molecule has 1 aliphatic heterocycles. The van der Waals surface area contributed by atoms with Crippen molar-refractivity contribution < 1.29 is 9.94 Å². The molecule has 1 aliphatic rings. The zero-order chi connectivity index (χ0) is 13.8. The summed E-state index contributed by atoms with van der Waals surface area (Å²) < 4.78 is 5.34. The number of amidine groups is 1. The quantitative estimate of drug-likeness (QED) is 0.357. The summed E-state index contributed by atoms with van der Waals surface area (Å²) in [6.07, 6.45) is 2.21. The standard InChI is InChI=1S/C12H19N5O2/c1-8-7-10(11(13)16-18)15-12(14-8)17-5-3-9(19-2)4-6-17/h7,9,18H,3-6H2,1-2H3,(H2,13,16). The zero-order valence-corrected chi connectivity index (χ0v) is 11.2. The third-order valence-corrected chi connectivity index (χ3v) is 3.27. The highest BCUT2D eigenvalue weighted by Crippen LogP contribution is 2.18. The topological polar surface area (TPSA) is 96.9 Å². The van der Waals surface area contributed by atoms with Crippen molar-refractivity contribution in [2.45, 2.75) is 25.9 Å². The fraction of sp³-hybridized carbons (Fsp3) is 0.583. The highest BCUT2D eigenvalue weighted by atomic mass is 16.5. The Morgan fingerprint density at radius 3 is 2.74 bits per heavy atom. The van der Waals surface area contributed by atoms with E-state index in [4.69, 9.17) is 15.7 Å². The lowest BCUT2D eigenvalue weighted by atomic mass is 10.1. The number of anilines is 1. The minimum Gasteiger partial charge on any atom is -0.409 e. The molecule has 0 spiro atoms. The molecule has 0 amide bonds. The van der Waals surface area contributed by atoms with Crippen LogP contribution in [0.2, 0.25) is 0 Å². The molecule has 0 unspecified atom stereocenters. The first kappa shape index (κ1) is 13.5. The average Bonchev–Trinajstić information content (AvgIpc) is 2.45. The first-order valence-electron chi connectivity index (χ1n) is 6.25. The molecule has 1 aromatic rings. The Labute approximate surface area is 112 Å². The number of piperidine rings is 1. The Kier molecular flexibility index (Phi) is 4.16. The van der Waals surface area contributed by atoms with Gasteiger partial charge in [0, 0.05) is 25.9 Å². The Hall–Kier alpha value is -1.89. The lowest BCUT2D eigenvalue weighted by Gasteiger charge is -2.31. The molecule has 7 nitrogen and oxygen atoms in total. The van der Waals surface area contributed by atoms with Gasteiger partial charge >= 0.3 is 0 Å². The number of methoxy groups -OCH3 is 1. The summed E-state index contributed by atoms with van der Waals surface area (Å²) in [7, 11) is 1.74. The number of hydrogen-bond acceptors (Lipinski definition) is 6. The van der Waals surface area contributed by atoms with E-state index >= 15 is 0 Å². The van der Waals surface area contributed by atoms with Gasteiger partial charge in [0.15, 0.2) is 5.84 Å². The van der Waals surface area contributed by atoms with Gasteiger partial charge in [-0.3, -0.25) is 0 Å². The summed E-state index contributed by atoms with van der Waals surface area (Å²) in [5.41, 5.74) is 6.81. The third kappa shape index (κ3) is 3.11. The predicted octanol–water partition coefficient (Wildman–Crippen LogP) is 0.495. The SMILES string of the molecule is COC1CCN(c2nc(C)cc(/C(N)=N/O)n2)CC1. The van der Waals surface area contributed by atoms with Crippen LogP contribution in [-0.4, -0.2) is 47.3 Å². The van der Waals surface area contributed by atoms with Crippen molar-refractivity contribution in [3.8, 4) is 0 Å². The van der Waals surface area contributed by atoms with Crippen molar-refractivity contribution >= 4 is 11.8 Å². The Morgan fingerprint density at radius 1 is 1.47 bits per heavy atom. The van der Waals surface area contributed by atoms with Crippen molar-refractivity contribution in [3.05, 3.63) is 17.5 Å². The predicted molar refractivity (Wildman–Crippen MR) is 71.5 cm³/mol. The van der Waals surface area contributed by atoms with E-state index in [1.54, 1.807) is 13.2 Å². The fourth-order valence-electron chi connectivity index (χ4n) is 2.17. The van der Waals surface area contributed by atoms with Gasteiger partial charge in [0.2, 0.25) is 5.95 Å². The first-order valence-corrected chi connectivity index (χ1v) is 6.25. The molecule has 7 heteroatoms. The zero-order valence-electron chi connectivity index (χ0n) is 11.2. The molecule has 1 saturated heterocycles. The van der Waals surface area contributed by atoms with Crippen molar-refractivity contribution in [1.29, 1.82) is 0 Å².